The molecule has 0 atom stereocenters. The molecule has 6 heteroatoms. The van der Waals surface area contributed by atoms with Crippen molar-refractivity contribution in [2.75, 3.05) is 19.8 Å². The smallest absolute Gasteiger partial charge is 0.163 e. The molecule has 4 rings (SSSR count). The fraction of sp³-hybridized carbons (Fsp3) is 0.455. The SMILES string of the molecule is c1ccc(OCCCCC2OC(CCCCOc3ccccc3)OC(CCCCOc3ccccc3)O2)cc1. The Labute approximate surface area is 233 Å². The lowest BCUT2D eigenvalue weighted by Crippen LogP contribution is -2.40. The van der Waals surface area contributed by atoms with Crippen molar-refractivity contribution in [1.29, 1.82) is 0 Å². The van der Waals surface area contributed by atoms with E-state index in [1.807, 2.05) is 91.0 Å². The van der Waals surface area contributed by atoms with Gasteiger partial charge in [0.1, 0.15) is 17.2 Å². The van der Waals surface area contributed by atoms with E-state index < -0.39 is 0 Å². The van der Waals surface area contributed by atoms with Crippen LogP contribution >= 0.6 is 0 Å². The van der Waals surface area contributed by atoms with Crippen molar-refractivity contribution in [3.63, 3.8) is 0 Å². The minimum atomic E-state index is -0.258. The first-order chi connectivity index (χ1) is 19.3. The summed E-state index contributed by atoms with van der Waals surface area (Å²) in [6.45, 7) is 2.05. The molecule has 6 nitrogen and oxygen atoms in total. The third-order valence-electron chi connectivity index (χ3n) is 6.45. The van der Waals surface area contributed by atoms with Crippen molar-refractivity contribution < 1.29 is 28.4 Å². The summed E-state index contributed by atoms with van der Waals surface area (Å²) in [5.74, 6) is 2.72. The first-order valence-electron chi connectivity index (χ1n) is 14.3. The van der Waals surface area contributed by atoms with Crippen molar-refractivity contribution in [3.8, 4) is 17.2 Å². The van der Waals surface area contributed by atoms with Gasteiger partial charge in [0.25, 0.3) is 0 Å². The standard InChI is InChI=1S/C33H42O6/c1-4-16-28(17-5-1)34-25-13-10-22-31-37-32(23-11-14-26-35-29-18-6-2-7-19-29)39-33(38-31)24-12-15-27-36-30-20-8-3-9-21-30/h1-9,16-21,31-33H,10-15,22-27H2. The molecule has 1 fully saturated rings. The molecule has 0 bridgehead atoms. The lowest BCUT2D eigenvalue weighted by Gasteiger charge is -2.36. The minimum absolute atomic E-state index is 0.258. The zero-order valence-corrected chi connectivity index (χ0v) is 22.8. The topological polar surface area (TPSA) is 55.4 Å². The van der Waals surface area contributed by atoms with Crippen LogP contribution in [0.3, 0.4) is 0 Å². The van der Waals surface area contributed by atoms with Crippen LogP contribution in [-0.2, 0) is 14.2 Å². The van der Waals surface area contributed by atoms with Gasteiger partial charge in [-0.3, -0.25) is 0 Å². The van der Waals surface area contributed by atoms with Crippen LogP contribution in [0.15, 0.2) is 91.0 Å². The van der Waals surface area contributed by atoms with Crippen LogP contribution in [0.5, 0.6) is 17.2 Å². The number of ether oxygens (including phenoxy) is 6. The van der Waals surface area contributed by atoms with E-state index in [0.29, 0.717) is 19.8 Å². The Morgan fingerprint density at radius 1 is 0.385 bits per heavy atom. The monoisotopic (exact) mass is 534 g/mol. The molecule has 0 radical (unpaired) electrons. The molecule has 3 aromatic carbocycles. The lowest BCUT2D eigenvalue weighted by molar-refractivity contribution is -0.386. The second kappa shape index (κ2) is 17.5. The molecule has 0 aromatic heterocycles. The average molecular weight is 535 g/mol. The van der Waals surface area contributed by atoms with E-state index in [2.05, 4.69) is 0 Å². The van der Waals surface area contributed by atoms with Gasteiger partial charge in [-0.05, 0) is 94.2 Å². The van der Waals surface area contributed by atoms with Crippen LogP contribution in [0.1, 0.15) is 57.8 Å². The van der Waals surface area contributed by atoms with Gasteiger partial charge in [-0.25, -0.2) is 0 Å². The van der Waals surface area contributed by atoms with Crippen LogP contribution in [0.4, 0.5) is 0 Å². The highest BCUT2D eigenvalue weighted by molar-refractivity contribution is 5.22. The summed E-state index contributed by atoms with van der Waals surface area (Å²) in [6, 6.07) is 29.8. The third kappa shape index (κ3) is 11.7. The maximum absolute atomic E-state index is 6.18. The molecule has 1 saturated heterocycles. The van der Waals surface area contributed by atoms with Crippen molar-refractivity contribution in [3.05, 3.63) is 91.0 Å². The van der Waals surface area contributed by atoms with Crippen LogP contribution < -0.4 is 14.2 Å². The molecule has 0 spiro atoms. The second-order valence-corrected chi connectivity index (χ2v) is 9.67. The summed E-state index contributed by atoms with van der Waals surface area (Å²) in [5, 5.41) is 0. The van der Waals surface area contributed by atoms with Gasteiger partial charge in [0.05, 0.1) is 19.8 Å². The van der Waals surface area contributed by atoms with E-state index in [1.54, 1.807) is 0 Å². The van der Waals surface area contributed by atoms with Crippen LogP contribution in [0, 0.1) is 0 Å². The fourth-order valence-electron chi connectivity index (χ4n) is 4.37. The Morgan fingerprint density at radius 2 is 0.667 bits per heavy atom. The Balaban J connectivity index is 1.15. The fourth-order valence-corrected chi connectivity index (χ4v) is 4.37. The summed E-state index contributed by atoms with van der Waals surface area (Å²) in [5.41, 5.74) is 0. The molecule has 1 heterocycles. The molecule has 0 unspecified atom stereocenters. The van der Waals surface area contributed by atoms with Gasteiger partial charge in [0.15, 0.2) is 18.9 Å². The summed E-state index contributed by atoms with van der Waals surface area (Å²) in [6.07, 6.45) is 7.43. The van der Waals surface area contributed by atoms with Crippen LogP contribution in [0.25, 0.3) is 0 Å². The molecule has 0 aliphatic carbocycles. The molecule has 210 valence electrons. The maximum Gasteiger partial charge on any atom is 0.163 e. The number of hydrogen-bond acceptors (Lipinski definition) is 6. The quantitative estimate of drug-likeness (QED) is 0.155. The van der Waals surface area contributed by atoms with Gasteiger partial charge in [-0.15, -0.1) is 0 Å². The lowest BCUT2D eigenvalue weighted by atomic mass is 10.2. The van der Waals surface area contributed by atoms with Gasteiger partial charge in [-0.2, -0.15) is 0 Å². The molecular formula is C33H42O6. The first kappa shape index (κ1) is 28.9. The largest absolute Gasteiger partial charge is 0.494 e. The number of rotatable bonds is 18. The summed E-state index contributed by atoms with van der Waals surface area (Å²) < 4.78 is 36.0. The van der Waals surface area contributed by atoms with Crippen molar-refractivity contribution in [2.45, 2.75) is 76.7 Å². The Morgan fingerprint density at radius 3 is 0.949 bits per heavy atom. The molecule has 0 amide bonds. The van der Waals surface area contributed by atoms with Gasteiger partial charge in [0, 0.05) is 0 Å². The highest BCUT2D eigenvalue weighted by Gasteiger charge is 2.29. The third-order valence-corrected chi connectivity index (χ3v) is 6.45. The molecule has 3 aromatic rings. The molecular weight excluding hydrogens is 492 g/mol. The normalized spacial score (nSPS) is 18.9. The van der Waals surface area contributed by atoms with E-state index in [-0.39, 0.29) is 18.9 Å². The zero-order chi connectivity index (χ0) is 26.8. The minimum Gasteiger partial charge on any atom is -0.494 e. The highest BCUT2D eigenvalue weighted by atomic mass is 16.9. The number of unbranched alkanes of at least 4 members (excludes halogenated alkanes) is 3. The highest BCUT2D eigenvalue weighted by Crippen LogP contribution is 2.26. The summed E-state index contributed by atoms with van der Waals surface area (Å²) >= 11 is 0. The molecule has 1 aliphatic heterocycles. The van der Waals surface area contributed by atoms with Gasteiger partial charge >= 0.3 is 0 Å². The second-order valence-electron chi connectivity index (χ2n) is 9.67. The Bertz CT molecular complexity index is 863. The molecule has 0 saturated carbocycles. The zero-order valence-electron chi connectivity index (χ0n) is 22.8. The van der Waals surface area contributed by atoms with E-state index in [1.165, 1.54) is 0 Å². The van der Waals surface area contributed by atoms with Crippen molar-refractivity contribution in [2.24, 2.45) is 0 Å². The Hall–Kier alpha value is -3.06. The summed E-state index contributed by atoms with van der Waals surface area (Å²) in [4.78, 5) is 0. The maximum atomic E-state index is 6.18. The molecule has 1 aliphatic rings. The van der Waals surface area contributed by atoms with Gasteiger partial charge in [0.2, 0.25) is 0 Å². The van der Waals surface area contributed by atoms with Crippen molar-refractivity contribution >= 4 is 0 Å². The van der Waals surface area contributed by atoms with E-state index in [9.17, 15) is 0 Å². The predicted molar refractivity (Wildman–Crippen MR) is 152 cm³/mol. The molecule has 39 heavy (non-hydrogen) atoms. The van der Waals surface area contributed by atoms with E-state index in [4.69, 9.17) is 28.4 Å². The number of benzene rings is 3. The first-order valence-corrected chi connectivity index (χ1v) is 14.3. The predicted octanol–water partition coefficient (Wildman–Crippen LogP) is 7.78. The Kier molecular flexibility index (Phi) is 13.0. The van der Waals surface area contributed by atoms with E-state index in [0.717, 1.165) is 75.0 Å². The van der Waals surface area contributed by atoms with E-state index >= 15 is 0 Å². The van der Waals surface area contributed by atoms with Crippen LogP contribution in [0.2, 0.25) is 0 Å². The van der Waals surface area contributed by atoms with Crippen molar-refractivity contribution in [1.82, 2.24) is 0 Å². The van der Waals surface area contributed by atoms with Gasteiger partial charge < -0.3 is 28.4 Å². The summed E-state index contributed by atoms with van der Waals surface area (Å²) in [7, 11) is 0. The average Bonchev–Trinajstić information content (AvgIpc) is 2.98. The van der Waals surface area contributed by atoms with Crippen LogP contribution in [-0.4, -0.2) is 38.7 Å². The van der Waals surface area contributed by atoms with Gasteiger partial charge in [-0.1, -0.05) is 54.6 Å². The molecule has 0 N–H and O–H groups in total. The number of hydrogen-bond donors (Lipinski definition) is 0. The number of para-hydroxylation sites is 3.